The minimum absolute atomic E-state index is 0.0795. The molecule has 0 spiro atoms. The predicted molar refractivity (Wildman–Crippen MR) is 99.9 cm³/mol. The number of amides is 2. The van der Waals surface area contributed by atoms with Crippen LogP contribution in [0.15, 0.2) is 36.5 Å². The van der Waals surface area contributed by atoms with Gasteiger partial charge in [-0.15, -0.1) is 0 Å². The van der Waals surface area contributed by atoms with Crippen molar-refractivity contribution in [1.82, 2.24) is 20.1 Å². The first kappa shape index (κ1) is 17.0. The van der Waals surface area contributed by atoms with Crippen LogP contribution < -0.4 is 10.6 Å². The Bertz CT molecular complexity index is 915. The Morgan fingerprint density at radius 3 is 2.76 bits per heavy atom. The number of hydrogen-bond donors (Lipinski definition) is 2. The Labute approximate surface area is 147 Å². The van der Waals surface area contributed by atoms with Gasteiger partial charge in [0, 0.05) is 23.8 Å². The lowest BCUT2D eigenvalue weighted by atomic mass is 10.1. The smallest absolute Gasteiger partial charge is 0.319 e. The summed E-state index contributed by atoms with van der Waals surface area (Å²) in [7, 11) is 0. The third-order valence-corrected chi connectivity index (χ3v) is 4.24. The van der Waals surface area contributed by atoms with Crippen LogP contribution >= 0.6 is 0 Å². The maximum absolute atomic E-state index is 12.3. The lowest BCUT2D eigenvalue weighted by molar-refractivity contribution is 0.250. The van der Waals surface area contributed by atoms with Gasteiger partial charge in [0.05, 0.1) is 22.9 Å². The Morgan fingerprint density at radius 2 is 2.04 bits per heavy atom. The van der Waals surface area contributed by atoms with E-state index in [4.69, 9.17) is 0 Å². The van der Waals surface area contributed by atoms with E-state index in [1.54, 1.807) is 6.20 Å². The second kappa shape index (κ2) is 6.93. The summed E-state index contributed by atoms with van der Waals surface area (Å²) in [4.78, 5) is 16.7. The molecule has 25 heavy (non-hydrogen) atoms. The molecular weight excluding hydrogens is 314 g/mol. The van der Waals surface area contributed by atoms with Crippen LogP contribution in [0.5, 0.6) is 0 Å². The van der Waals surface area contributed by atoms with Gasteiger partial charge in [-0.1, -0.05) is 6.07 Å². The minimum atomic E-state index is -0.234. The Morgan fingerprint density at radius 1 is 1.24 bits per heavy atom. The van der Waals surface area contributed by atoms with Crippen LogP contribution in [0.25, 0.3) is 10.9 Å². The van der Waals surface area contributed by atoms with Gasteiger partial charge < -0.3 is 10.6 Å². The van der Waals surface area contributed by atoms with Crippen LogP contribution in [0.2, 0.25) is 0 Å². The van der Waals surface area contributed by atoms with E-state index in [0.717, 1.165) is 33.5 Å². The maximum Gasteiger partial charge on any atom is 0.319 e. The zero-order valence-corrected chi connectivity index (χ0v) is 15.0. The number of carbonyl (C=O) groups is 1. The molecule has 6 heteroatoms. The van der Waals surface area contributed by atoms with Gasteiger partial charge in [0.15, 0.2) is 0 Å². The van der Waals surface area contributed by atoms with Crippen molar-refractivity contribution in [2.45, 2.75) is 33.7 Å². The van der Waals surface area contributed by atoms with Gasteiger partial charge in [-0.3, -0.25) is 9.67 Å². The highest BCUT2D eigenvalue weighted by Gasteiger charge is 2.12. The number of rotatable bonds is 4. The van der Waals surface area contributed by atoms with Gasteiger partial charge >= 0.3 is 6.03 Å². The standard InChI is InChI=1S/C19H23N5O/c1-12-7-8-17(16-6-5-9-20-18(12)16)22-19(25)21-11-15(4)24-14(3)10-13(2)23-24/h5-10,15H,11H2,1-4H3,(H2,21,22,25)/t15-/m1/s1. The van der Waals surface area contributed by atoms with Crippen LogP contribution in [0.3, 0.4) is 0 Å². The topological polar surface area (TPSA) is 71.8 Å². The molecule has 3 rings (SSSR count). The number of urea groups is 1. The minimum Gasteiger partial charge on any atom is -0.336 e. The number of carbonyl (C=O) groups excluding carboxylic acids is 1. The van der Waals surface area contributed by atoms with Gasteiger partial charge in [0.2, 0.25) is 0 Å². The normalized spacial score (nSPS) is 12.2. The molecule has 0 aliphatic heterocycles. The number of aromatic nitrogens is 3. The molecule has 6 nitrogen and oxygen atoms in total. The highest BCUT2D eigenvalue weighted by molar-refractivity contribution is 6.01. The van der Waals surface area contributed by atoms with E-state index in [2.05, 4.69) is 20.7 Å². The van der Waals surface area contributed by atoms with Crippen molar-refractivity contribution in [3.8, 4) is 0 Å². The zero-order chi connectivity index (χ0) is 18.0. The highest BCUT2D eigenvalue weighted by Crippen LogP contribution is 2.24. The number of nitrogens with one attached hydrogen (secondary N) is 2. The lowest BCUT2D eigenvalue weighted by Crippen LogP contribution is -2.33. The third kappa shape index (κ3) is 3.63. The fourth-order valence-corrected chi connectivity index (χ4v) is 3.01. The summed E-state index contributed by atoms with van der Waals surface area (Å²) in [5.41, 5.74) is 4.80. The van der Waals surface area contributed by atoms with Crippen LogP contribution in [0.1, 0.15) is 29.9 Å². The largest absolute Gasteiger partial charge is 0.336 e. The molecule has 1 atom stereocenters. The van der Waals surface area contributed by atoms with Crippen molar-refractivity contribution < 1.29 is 4.79 Å². The van der Waals surface area contributed by atoms with E-state index in [9.17, 15) is 4.79 Å². The number of pyridine rings is 1. The molecule has 0 aliphatic carbocycles. The van der Waals surface area contributed by atoms with E-state index < -0.39 is 0 Å². The second-order valence-corrected chi connectivity index (χ2v) is 6.39. The number of anilines is 1. The molecule has 2 heterocycles. The van der Waals surface area contributed by atoms with Crippen molar-refractivity contribution >= 4 is 22.6 Å². The van der Waals surface area contributed by atoms with Crippen molar-refractivity contribution in [2.75, 3.05) is 11.9 Å². The Kier molecular flexibility index (Phi) is 4.70. The fraction of sp³-hybridized carbons (Fsp3) is 0.316. The van der Waals surface area contributed by atoms with Gasteiger partial charge in [-0.05, 0) is 57.5 Å². The summed E-state index contributed by atoms with van der Waals surface area (Å²) in [6.07, 6.45) is 1.76. The molecule has 0 saturated heterocycles. The van der Waals surface area contributed by atoms with Crippen LogP contribution in [0, 0.1) is 20.8 Å². The molecule has 0 fully saturated rings. The van der Waals surface area contributed by atoms with E-state index in [-0.39, 0.29) is 12.1 Å². The summed E-state index contributed by atoms with van der Waals surface area (Å²) in [5.74, 6) is 0. The summed E-state index contributed by atoms with van der Waals surface area (Å²) >= 11 is 0. The summed E-state index contributed by atoms with van der Waals surface area (Å²) < 4.78 is 1.93. The SMILES string of the molecule is Cc1cc(C)n([C@H](C)CNC(=O)Nc2ccc(C)c3ncccc23)n1. The summed E-state index contributed by atoms with van der Waals surface area (Å²) in [6.45, 7) is 8.52. The van der Waals surface area contributed by atoms with E-state index in [1.165, 1.54) is 0 Å². The van der Waals surface area contributed by atoms with Crippen LogP contribution in [-0.4, -0.2) is 27.3 Å². The summed E-state index contributed by atoms with van der Waals surface area (Å²) in [6, 6.07) is 9.58. The molecule has 2 aromatic heterocycles. The molecule has 0 unspecified atom stereocenters. The van der Waals surface area contributed by atoms with Gasteiger partial charge in [0.1, 0.15) is 0 Å². The quantitative estimate of drug-likeness (QED) is 0.762. The molecule has 2 N–H and O–H groups in total. The fourth-order valence-electron chi connectivity index (χ4n) is 3.01. The van der Waals surface area contributed by atoms with E-state index in [0.29, 0.717) is 6.54 Å². The molecule has 2 amide bonds. The second-order valence-electron chi connectivity index (χ2n) is 6.39. The number of fused-ring (bicyclic) bond motifs is 1. The highest BCUT2D eigenvalue weighted by atomic mass is 16.2. The average molecular weight is 337 g/mol. The third-order valence-electron chi connectivity index (χ3n) is 4.24. The maximum atomic E-state index is 12.3. The molecule has 0 aliphatic rings. The first-order valence-corrected chi connectivity index (χ1v) is 8.37. The van der Waals surface area contributed by atoms with Crippen molar-refractivity contribution in [3.05, 3.63) is 53.5 Å². The molecule has 130 valence electrons. The predicted octanol–water partition coefficient (Wildman–Crippen LogP) is 3.74. The number of benzene rings is 1. The molecule has 1 aromatic carbocycles. The number of nitrogens with zero attached hydrogens (tertiary/aromatic N) is 3. The average Bonchev–Trinajstić information content (AvgIpc) is 2.94. The van der Waals surface area contributed by atoms with E-state index in [1.807, 2.05) is 62.7 Å². The molecule has 0 saturated carbocycles. The Hall–Kier alpha value is -2.89. The first-order chi connectivity index (χ1) is 12.0. The monoisotopic (exact) mass is 337 g/mol. The first-order valence-electron chi connectivity index (χ1n) is 8.37. The van der Waals surface area contributed by atoms with Crippen molar-refractivity contribution in [1.29, 1.82) is 0 Å². The summed E-state index contributed by atoms with van der Waals surface area (Å²) in [5, 5.41) is 11.2. The van der Waals surface area contributed by atoms with Gasteiger partial charge in [-0.2, -0.15) is 5.10 Å². The van der Waals surface area contributed by atoms with Crippen LogP contribution in [0.4, 0.5) is 10.5 Å². The lowest BCUT2D eigenvalue weighted by Gasteiger charge is -2.16. The van der Waals surface area contributed by atoms with Gasteiger partial charge in [0.25, 0.3) is 0 Å². The van der Waals surface area contributed by atoms with Crippen molar-refractivity contribution in [3.63, 3.8) is 0 Å². The van der Waals surface area contributed by atoms with Gasteiger partial charge in [-0.25, -0.2) is 4.79 Å². The van der Waals surface area contributed by atoms with Crippen LogP contribution in [-0.2, 0) is 0 Å². The molecular formula is C19H23N5O. The van der Waals surface area contributed by atoms with E-state index >= 15 is 0 Å². The Balaban J connectivity index is 1.67. The molecule has 0 bridgehead atoms. The molecule has 0 radical (unpaired) electrons. The molecule has 3 aromatic rings. The number of hydrogen-bond acceptors (Lipinski definition) is 3. The number of aryl methyl sites for hydroxylation is 3. The van der Waals surface area contributed by atoms with Crippen molar-refractivity contribution in [2.24, 2.45) is 0 Å². The zero-order valence-electron chi connectivity index (χ0n) is 15.0.